The fraction of sp³-hybridized carbons (Fsp3) is 0.417. The molecule has 96 valence electrons. The van der Waals surface area contributed by atoms with Crippen LogP contribution in [-0.4, -0.2) is 27.3 Å². The number of carbonyl (C=O) groups is 1. The third-order valence-electron chi connectivity index (χ3n) is 2.58. The Morgan fingerprint density at radius 3 is 2.89 bits per heavy atom. The summed E-state index contributed by atoms with van der Waals surface area (Å²) in [6.07, 6.45) is 3.06. The maximum absolute atomic E-state index is 12.0. The van der Waals surface area contributed by atoms with Crippen molar-refractivity contribution >= 4 is 17.1 Å². The maximum Gasteiger partial charge on any atom is 0.189 e. The second-order valence-corrected chi connectivity index (χ2v) is 5.23. The number of ketones is 1. The van der Waals surface area contributed by atoms with Gasteiger partial charge in [0, 0.05) is 22.7 Å². The number of aromatic nitrogens is 3. The molecule has 2 aromatic rings. The van der Waals surface area contributed by atoms with Gasteiger partial charge in [-0.15, -0.1) is 16.4 Å². The van der Waals surface area contributed by atoms with Crippen LogP contribution in [0.2, 0.25) is 0 Å². The van der Waals surface area contributed by atoms with Crippen molar-refractivity contribution in [3.8, 4) is 0 Å². The van der Waals surface area contributed by atoms with Crippen LogP contribution in [0.25, 0.3) is 0 Å². The molecule has 0 unspecified atom stereocenters. The molecule has 0 fully saturated rings. The molecule has 0 radical (unpaired) electrons. The molecule has 0 atom stereocenters. The highest BCUT2D eigenvalue weighted by atomic mass is 32.1. The Morgan fingerprint density at radius 1 is 1.44 bits per heavy atom. The zero-order valence-electron chi connectivity index (χ0n) is 10.3. The number of rotatable bonds is 6. The average Bonchev–Trinajstić information content (AvgIpc) is 2.98. The van der Waals surface area contributed by atoms with Gasteiger partial charge < -0.3 is 5.73 Å². The molecule has 0 amide bonds. The molecule has 6 heteroatoms. The van der Waals surface area contributed by atoms with Gasteiger partial charge >= 0.3 is 0 Å². The minimum absolute atomic E-state index is 0.00257. The van der Waals surface area contributed by atoms with Crippen LogP contribution in [0.15, 0.2) is 18.3 Å². The van der Waals surface area contributed by atoms with Crippen molar-refractivity contribution in [3.05, 3.63) is 33.8 Å². The van der Waals surface area contributed by atoms with Gasteiger partial charge in [0.15, 0.2) is 5.78 Å². The van der Waals surface area contributed by atoms with Crippen molar-refractivity contribution < 1.29 is 4.79 Å². The maximum atomic E-state index is 12.0. The Hall–Kier alpha value is -1.53. The van der Waals surface area contributed by atoms with Crippen LogP contribution in [0.3, 0.4) is 0 Å². The highest BCUT2D eigenvalue weighted by Gasteiger charge is 2.12. The van der Waals surface area contributed by atoms with Crippen molar-refractivity contribution in [2.45, 2.75) is 26.3 Å². The lowest BCUT2D eigenvalue weighted by molar-refractivity contribution is 0.0989. The van der Waals surface area contributed by atoms with Crippen LogP contribution < -0.4 is 5.73 Å². The first-order chi connectivity index (χ1) is 8.72. The molecular formula is C12H16N4OS. The van der Waals surface area contributed by atoms with E-state index in [1.807, 2.05) is 6.07 Å². The van der Waals surface area contributed by atoms with Crippen molar-refractivity contribution in [1.29, 1.82) is 0 Å². The number of hydrogen-bond acceptors (Lipinski definition) is 5. The van der Waals surface area contributed by atoms with Crippen LogP contribution in [0.1, 0.15) is 27.2 Å². The van der Waals surface area contributed by atoms with E-state index in [1.54, 1.807) is 22.2 Å². The first kappa shape index (κ1) is 12.9. The van der Waals surface area contributed by atoms with E-state index in [-0.39, 0.29) is 5.78 Å². The number of aryl methyl sites for hydroxylation is 1. The molecule has 0 bridgehead atoms. The molecule has 0 saturated carbocycles. The Labute approximate surface area is 110 Å². The molecule has 0 aliphatic rings. The summed E-state index contributed by atoms with van der Waals surface area (Å²) in [5.41, 5.74) is 5.83. The van der Waals surface area contributed by atoms with Gasteiger partial charge in [0.05, 0.1) is 12.7 Å². The quantitative estimate of drug-likeness (QED) is 0.798. The number of thiophene rings is 1. The SMILES string of the molecule is CCc1ccc(CC(=O)c2cn(CCN)nn2)s1. The fourth-order valence-corrected chi connectivity index (χ4v) is 2.58. The highest BCUT2D eigenvalue weighted by molar-refractivity contribution is 7.12. The van der Waals surface area contributed by atoms with Gasteiger partial charge in [0.2, 0.25) is 0 Å². The normalized spacial score (nSPS) is 10.8. The second-order valence-electron chi connectivity index (χ2n) is 3.98. The number of Topliss-reactive ketones (excluding diaryl/α,β-unsaturated/α-hetero) is 1. The smallest absolute Gasteiger partial charge is 0.189 e. The fourth-order valence-electron chi connectivity index (χ4n) is 1.62. The van der Waals surface area contributed by atoms with Gasteiger partial charge in [-0.1, -0.05) is 12.1 Å². The van der Waals surface area contributed by atoms with E-state index in [0.717, 1.165) is 11.3 Å². The molecule has 2 aromatic heterocycles. The van der Waals surface area contributed by atoms with Crippen molar-refractivity contribution in [2.24, 2.45) is 5.73 Å². The third-order valence-corrected chi connectivity index (χ3v) is 3.81. The van der Waals surface area contributed by atoms with Crippen LogP contribution in [0.5, 0.6) is 0 Å². The summed E-state index contributed by atoms with van der Waals surface area (Å²) in [7, 11) is 0. The number of nitrogens with two attached hydrogens (primary N) is 1. The molecule has 2 rings (SSSR count). The van der Waals surface area contributed by atoms with E-state index in [0.29, 0.717) is 25.2 Å². The van der Waals surface area contributed by atoms with Crippen LogP contribution in [0.4, 0.5) is 0 Å². The zero-order chi connectivity index (χ0) is 13.0. The Balaban J connectivity index is 2.02. The summed E-state index contributed by atoms with van der Waals surface area (Å²) in [5.74, 6) is 0.00257. The zero-order valence-corrected chi connectivity index (χ0v) is 11.1. The molecule has 0 aromatic carbocycles. The molecule has 0 spiro atoms. The lowest BCUT2D eigenvalue weighted by Crippen LogP contribution is -2.10. The van der Waals surface area contributed by atoms with Crippen molar-refractivity contribution in [1.82, 2.24) is 15.0 Å². The van der Waals surface area contributed by atoms with E-state index >= 15 is 0 Å². The van der Waals surface area contributed by atoms with Crippen molar-refractivity contribution in [3.63, 3.8) is 0 Å². The third kappa shape index (κ3) is 3.02. The van der Waals surface area contributed by atoms with Gasteiger partial charge in [0.1, 0.15) is 5.69 Å². The summed E-state index contributed by atoms with van der Waals surface area (Å²) < 4.78 is 1.60. The molecular weight excluding hydrogens is 248 g/mol. The number of carbonyl (C=O) groups excluding carboxylic acids is 1. The minimum atomic E-state index is 0.00257. The standard InChI is InChI=1S/C12H16N4OS/c1-2-9-3-4-10(18-9)7-12(17)11-8-16(6-5-13)15-14-11/h3-4,8H,2,5-7,13H2,1H3. The monoisotopic (exact) mass is 264 g/mol. The predicted molar refractivity (Wildman–Crippen MR) is 70.8 cm³/mol. The summed E-state index contributed by atoms with van der Waals surface area (Å²) >= 11 is 1.68. The van der Waals surface area contributed by atoms with Crippen LogP contribution in [0, 0.1) is 0 Å². The Morgan fingerprint density at radius 2 is 2.22 bits per heavy atom. The number of hydrogen-bond donors (Lipinski definition) is 1. The van der Waals surface area contributed by atoms with E-state index < -0.39 is 0 Å². The first-order valence-electron chi connectivity index (χ1n) is 5.94. The summed E-state index contributed by atoms with van der Waals surface area (Å²) in [5, 5.41) is 7.73. The lowest BCUT2D eigenvalue weighted by Gasteiger charge is -1.94. The molecule has 0 saturated heterocycles. The minimum Gasteiger partial charge on any atom is -0.329 e. The lowest BCUT2D eigenvalue weighted by atomic mass is 10.2. The van der Waals surface area contributed by atoms with Crippen LogP contribution >= 0.6 is 11.3 Å². The Bertz CT molecular complexity index is 532. The molecule has 5 nitrogen and oxygen atoms in total. The summed E-state index contributed by atoms with van der Waals surface area (Å²) in [6, 6.07) is 4.07. The van der Waals surface area contributed by atoms with E-state index in [9.17, 15) is 4.79 Å². The molecule has 2 N–H and O–H groups in total. The van der Waals surface area contributed by atoms with Gasteiger partial charge in [-0.05, 0) is 18.6 Å². The van der Waals surface area contributed by atoms with E-state index in [2.05, 4.69) is 23.3 Å². The van der Waals surface area contributed by atoms with Crippen LogP contribution in [-0.2, 0) is 19.4 Å². The second kappa shape index (κ2) is 5.88. The van der Waals surface area contributed by atoms with E-state index in [1.165, 1.54) is 4.88 Å². The molecule has 0 aliphatic carbocycles. The number of nitrogens with zero attached hydrogens (tertiary/aromatic N) is 3. The highest BCUT2D eigenvalue weighted by Crippen LogP contribution is 2.18. The average molecular weight is 264 g/mol. The van der Waals surface area contributed by atoms with Gasteiger partial charge in [-0.3, -0.25) is 9.48 Å². The Kier molecular flexibility index (Phi) is 4.22. The van der Waals surface area contributed by atoms with Gasteiger partial charge in [-0.25, -0.2) is 0 Å². The summed E-state index contributed by atoms with van der Waals surface area (Å²) in [4.78, 5) is 14.4. The summed E-state index contributed by atoms with van der Waals surface area (Å²) in [6.45, 7) is 3.18. The molecule has 0 aliphatic heterocycles. The molecule has 18 heavy (non-hydrogen) atoms. The largest absolute Gasteiger partial charge is 0.329 e. The van der Waals surface area contributed by atoms with E-state index in [4.69, 9.17) is 5.73 Å². The first-order valence-corrected chi connectivity index (χ1v) is 6.75. The topological polar surface area (TPSA) is 73.8 Å². The predicted octanol–water partition coefficient (Wildman–Crippen LogP) is 1.29. The van der Waals surface area contributed by atoms with Gasteiger partial charge in [0.25, 0.3) is 0 Å². The molecule has 2 heterocycles. The van der Waals surface area contributed by atoms with Crippen molar-refractivity contribution in [2.75, 3.05) is 6.54 Å². The van der Waals surface area contributed by atoms with Gasteiger partial charge in [-0.2, -0.15) is 0 Å².